The zero-order chi connectivity index (χ0) is 15.8. The smallest absolute Gasteiger partial charge is 0.0801 e. The maximum atomic E-state index is 6.25. The average Bonchev–Trinajstić information content (AvgIpc) is 2.96. The Hall–Kier alpha value is -0.550. The molecule has 1 fully saturated rings. The lowest BCUT2D eigenvalue weighted by molar-refractivity contribution is -0.889. The summed E-state index contributed by atoms with van der Waals surface area (Å²) in [6.07, 6.45) is 17.5. The van der Waals surface area contributed by atoms with Crippen molar-refractivity contribution in [1.29, 1.82) is 5.26 Å². The molecule has 2 unspecified atom stereocenters. The van der Waals surface area contributed by atoms with Gasteiger partial charge in [-0.25, -0.2) is 0 Å². The number of rotatable bonds is 12. The van der Waals surface area contributed by atoms with E-state index < -0.39 is 0 Å². The van der Waals surface area contributed by atoms with Gasteiger partial charge in [-0.3, -0.25) is 0 Å². The van der Waals surface area contributed by atoms with Crippen molar-refractivity contribution in [3.63, 3.8) is 0 Å². The molecule has 0 amide bonds. The van der Waals surface area contributed by atoms with Gasteiger partial charge in [0.25, 0.3) is 0 Å². The Kier molecular flexibility index (Phi) is 15.4. The molecule has 124 valence electrons. The molecule has 0 aliphatic carbocycles. The first-order chi connectivity index (χ1) is 10.4. The lowest BCUT2D eigenvalue weighted by Gasteiger charge is -2.13. The molecule has 0 spiro atoms. The van der Waals surface area contributed by atoms with Gasteiger partial charge in [0.05, 0.1) is 19.6 Å². The maximum absolute atomic E-state index is 6.25. The van der Waals surface area contributed by atoms with Crippen LogP contribution in [0.5, 0.6) is 0 Å². The Bertz CT molecular complexity index is 225. The Morgan fingerprint density at radius 1 is 0.857 bits per heavy atom. The van der Waals surface area contributed by atoms with Crippen LogP contribution in [0.25, 0.3) is 0 Å². The van der Waals surface area contributed by atoms with Gasteiger partial charge in [-0.15, -0.1) is 0 Å². The Morgan fingerprint density at radius 2 is 1.43 bits per heavy atom. The van der Waals surface area contributed by atoms with Crippen molar-refractivity contribution in [3.05, 3.63) is 6.57 Å². The van der Waals surface area contributed by atoms with E-state index in [-0.39, 0.29) is 0 Å². The summed E-state index contributed by atoms with van der Waals surface area (Å²) in [5, 5.41) is 6.25. The van der Waals surface area contributed by atoms with Gasteiger partial charge in [-0.2, -0.15) is 0 Å². The van der Waals surface area contributed by atoms with E-state index in [0.29, 0.717) is 0 Å². The summed E-state index contributed by atoms with van der Waals surface area (Å²) in [5.74, 6) is 1.05. The summed E-state index contributed by atoms with van der Waals surface area (Å²) in [6, 6.07) is 0. The minimum Gasteiger partial charge on any atom is -0.512 e. The molecule has 2 nitrogen and oxygen atoms in total. The molecule has 1 aliphatic rings. The van der Waals surface area contributed by atoms with Gasteiger partial charge in [0.2, 0.25) is 0 Å². The fourth-order valence-electron chi connectivity index (χ4n) is 3.59. The van der Waals surface area contributed by atoms with E-state index in [2.05, 4.69) is 13.8 Å². The maximum Gasteiger partial charge on any atom is 0.0801 e. The SMILES string of the molecule is CCCCCCCCCCC[NH+]1CCC(CCC)C1.[C-]#N. The van der Waals surface area contributed by atoms with Gasteiger partial charge < -0.3 is 16.7 Å². The van der Waals surface area contributed by atoms with Crippen molar-refractivity contribution in [2.75, 3.05) is 19.6 Å². The fraction of sp³-hybridized carbons (Fsp3) is 0.947. The van der Waals surface area contributed by atoms with Gasteiger partial charge in [0, 0.05) is 12.3 Å². The standard InChI is InChI=1S/C18H37N.CN/c1-3-5-6-7-8-9-10-11-12-15-19-16-14-18(17-19)13-4-2;1-2/h18H,3-17H2,1-2H3;/q;-1/p+1. The average molecular weight is 295 g/mol. The van der Waals surface area contributed by atoms with Crippen molar-refractivity contribution in [1.82, 2.24) is 0 Å². The molecular formula is C19H38N2. The zero-order valence-electron chi connectivity index (χ0n) is 14.6. The summed E-state index contributed by atoms with van der Waals surface area (Å²) in [7, 11) is 0. The molecule has 2 atom stereocenters. The number of unbranched alkanes of at least 4 members (excludes halogenated alkanes) is 8. The van der Waals surface area contributed by atoms with E-state index >= 15 is 0 Å². The first-order valence-corrected chi connectivity index (χ1v) is 9.42. The minimum atomic E-state index is 1.05. The molecule has 0 aromatic heterocycles. The van der Waals surface area contributed by atoms with Gasteiger partial charge >= 0.3 is 0 Å². The van der Waals surface area contributed by atoms with Crippen LogP contribution in [0.3, 0.4) is 0 Å². The number of likely N-dealkylation sites (tertiary alicyclic amines) is 1. The largest absolute Gasteiger partial charge is 0.512 e. The van der Waals surface area contributed by atoms with Crippen LogP contribution in [0.15, 0.2) is 0 Å². The molecule has 0 radical (unpaired) electrons. The van der Waals surface area contributed by atoms with Crippen LogP contribution in [0.4, 0.5) is 0 Å². The second kappa shape index (κ2) is 15.8. The van der Waals surface area contributed by atoms with Gasteiger partial charge in [0.1, 0.15) is 0 Å². The minimum absolute atomic E-state index is 1.05. The predicted molar refractivity (Wildman–Crippen MR) is 90.8 cm³/mol. The number of quaternary nitrogens is 1. The second-order valence-electron chi connectivity index (χ2n) is 6.73. The molecule has 0 saturated carbocycles. The molecule has 1 N–H and O–H groups in total. The van der Waals surface area contributed by atoms with Crippen LogP contribution in [-0.4, -0.2) is 19.6 Å². The van der Waals surface area contributed by atoms with E-state index in [1.54, 1.807) is 0 Å². The predicted octanol–water partition coefficient (Wildman–Crippen LogP) is 4.32. The lowest BCUT2D eigenvalue weighted by atomic mass is 10.0. The number of nitrogens with zero attached hydrogens (tertiary/aromatic N) is 1. The summed E-state index contributed by atoms with van der Waals surface area (Å²) in [4.78, 5) is 1.90. The monoisotopic (exact) mass is 294 g/mol. The van der Waals surface area contributed by atoms with Crippen LogP contribution < -0.4 is 4.90 Å². The zero-order valence-corrected chi connectivity index (χ0v) is 14.6. The topological polar surface area (TPSA) is 28.2 Å². The highest BCUT2D eigenvalue weighted by Crippen LogP contribution is 2.12. The van der Waals surface area contributed by atoms with E-state index in [0.717, 1.165) is 5.92 Å². The molecule has 2 heteroatoms. The molecule has 21 heavy (non-hydrogen) atoms. The van der Waals surface area contributed by atoms with Crippen molar-refractivity contribution in [2.45, 2.75) is 90.9 Å². The van der Waals surface area contributed by atoms with Crippen LogP contribution in [-0.2, 0) is 0 Å². The van der Waals surface area contributed by atoms with Gasteiger partial charge in [-0.05, 0) is 19.3 Å². The second-order valence-corrected chi connectivity index (χ2v) is 6.73. The molecule has 1 saturated heterocycles. The molecule has 1 rings (SSSR count). The summed E-state index contributed by atoms with van der Waals surface area (Å²) in [6.45, 7) is 13.8. The Morgan fingerprint density at radius 3 is 2.00 bits per heavy atom. The highest BCUT2D eigenvalue weighted by atomic mass is 15.1. The van der Waals surface area contributed by atoms with Crippen molar-refractivity contribution in [3.8, 4) is 0 Å². The normalized spacial score (nSPS) is 21.0. The van der Waals surface area contributed by atoms with Gasteiger partial charge in [-0.1, -0.05) is 65.2 Å². The third-order valence-electron chi connectivity index (χ3n) is 4.81. The first kappa shape index (κ1) is 20.5. The van der Waals surface area contributed by atoms with Crippen molar-refractivity contribution < 1.29 is 4.90 Å². The highest BCUT2D eigenvalue weighted by Gasteiger charge is 2.24. The van der Waals surface area contributed by atoms with Crippen LogP contribution in [0, 0.1) is 17.8 Å². The third-order valence-corrected chi connectivity index (χ3v) is 4.81. The summed E-state index contributed by atoms with van der Waals surface area (Å²) < 4.78 is 0. The van der Waals surface area contributed by atoms with Crippen molar-refractivity contribution in [2.24, 2.45) is 5.92 Å². The Labute approximate surface area is 133 Å². The third kappa shape index (κ3) is 11.8. The summed E-state index contributed by atoms with van der Waals surface area (Å²) >= 11 is 0. The molecule has 1 aliphatic heterocycles. The Balaban J connectivity index is 0.00000191. The van der Waals surface area contributed by atoms with Crippen molar-refractivity contribution >= 4 is 0 Å². The number of hydrogen-bond acceptors (Lipinski definition) is 1. The van der Waals surface area contributed by atoms with Crippen LogP contribution in [0.2, 0.25) is 0 Å². The van der Waals surface area contributed by atoms with E-state index in [4.69, 9.17) is 11.8 Å². The van der Waals surface area contributed by atoms with E-state index in [1.807, 2.05) is 4.90 Å². The first-order valence-electron chi connectivity index (χ1n) is 9.42. The number of nitrogens with one attached hydrogen (secondary N) is 1. The quantitative estimate of drug-likeness (QED) is 0.421. The number of hydrogen-bond donors (Lipinski definition) is 1. The van der Waals surface area contributed by atoms with E-state index in [1.165, 1.54) is 96.7 Å². The molecular weight excluding hydrogens is 256 g/mol. The molecule has 0 bridgehead atoms. The molecule has 0 aromatic rings. The van der Waals surface area contributed by atoms with Crippen LogP contribution >= 0.6 is 0 Å². The van der Waals surface area contributed by atoms with Crippen LogP contribution in [0.1, 0.15) is 90.9 Å². The molecule has 1 heterocycles. The fourth-order valence-corrected chi connectivity index (χ4v) is 3.59. The van der Waals surface area contributed by atoms with E-state index in [9.17, 15) is 0 Å². The summed E-state index contributed by atoms with van der Waals surface area (Å²) in [5.41, 5.74) is 0. The highest BCUT2D eigenvalue weighted by molar-refractivity contribution is 4.61. The van der Waals surface area contributed by atoms with Gasteiger partial charge in [0.15, 0.2) is 0 Å². The molecule has 0 aromatic carbocycles. The lowest BCUT2D eigenvalue weighted by Crippen LogP contribution is -3.10.